The van der Waals surface area contributed by atoms with E-state index in [1.807, 2.05) is 6.08 Å². The highest BCUT2D eigenvalue weighted by atomic mass is 19.4. The van der Waals surface area contributed by atoms with Crippen molar-refractivity contribution in [1.29, 1.82) is 0 Å². The SMILES string of the molecule is CC(=O)N1CC=C(c2cc3c(N[C@H](C)c4cccc(C(F)(F)F)c4F)nc(C)nc3[nH]c2=O)CC1. The average molecular weight is 489 g/mol. The standard InChI is InChI=1S/C24H23F4N5O2/c1-12(16-5-4-6-19(20(16)25)24(26,27)28)29-21-18-11-17(15-7-9-33(10-8-15)14(3)34)23(35)32-22(18)31-13(2)30-21/h4-7,11-12H,8-10H2,1-3H3,(H2,29,30,31,32,35)/t12-/m1/s1. The van der Waals surface area contributed by atoms with Crippen LogP contribution in [0.2, 0.25) is 0 Å². The Morgan fingerprint density at radius 1 is 1.26 bits per heavy atom. The predicted octanol–water partition coefficient (Wildman–Crippen LogP) is 4.59. The molecule has 1 aliphatic heterocycles. The number of carbonyl (C=O) groups excluding carboxylic acids is 1. The number of fused-ring (bicyclic) bond motifs is 1. The smallest absolute Gasteiger partial charge is 0.363 e. The molecule has 7 nitrogen and oxygen atoms in total. The molecule has 3 heterocycles. The topological polar surface area (TPSA) is 91.0 Å². The number of anilines is 1. The zero-order chi connectivity index (χ0) is 25.5. The molecule has 2 aromatic heterocycles. The number of halogens is 4. The molecule has 0 unspecified atom stereocenters. The second-order valence-electron chi connectivity index (χ2n) is 8.41. The molecule has 0 saturated heterocycles. The maximum absolute atomic E-state index is 14.7. The highest BCUT2D eigenvalue weighted by Gasteiger charge is 2.35. The highest BCUT2D eigenvalue weighted by molar-refractivity contribution is 5.89. The molecule has 1 amide bonds. The number of aryl methyl sites for hydroxylation is 1. The van der Waals surface area contributed by atoms with E-state index in [-0.39, 0.29) is 28.5 Å². The first kappa shape index (κ1) is 24.4. The van der Waals surface area contributed by atoms with Crippen LogP contribution in [-0.4, -0.2) is 38.8 Å². The van der Waals surface area contributed by atoms with Crippen molar-refractivity contribution >= 4 is 28.3 Å². The highest BCUT2D eigenvalue weighted by Crippen LogP contribution is 2.35. The number of H-pyrrole nitrogens is 1. The third-order valence-electron chi connectivity index (χ3n) is 5.98. The Hall–Kier alpha value is -3.76. The Labute approximate surface area is 197 Å². The molecule has 184 valence electrons. The molecule has 1 aliphatic rings. The third kappa shape index (κ3) is 4.89. The van der Waals surface area contributed by atoms with Gasteiger partial charge < -0.3 is 15.2 Å². The molecule has 1 aromatic carbocycles. The number of rotatable bonds is 4. The summed E-state index contributed by atoms with van der Waals surface area (Å²) in [4.78, 5) is 37.4. The van der Waals surface area contributed by atoms with Crippen LogP contribution in [0.3, 0.4) is 0 Å². The molecule has 0 bridgehead atoms. The summed E-state index contributed by atoms with van der Waals surface area (Å²) in [5.41, 5.74) is -0.493. The van der Waals surface area contributed by atoms with Crippen molar-refractivity contribution in [2.45, 2.75) is 39.4 Å². The van der Waals surface area contributed by atoms with E-state index in [1.54, 1.807) is 17.9 Å². The number of aromatic amines is 1. The quantitative estimate of drug-likeness (QED) is 0.523. The van der Waals surface area contributed by atoms with Gasteiger partial charge in [0.2, 0.25) is 5.91 Å². The van der Waals surface area contributed by atoms with Crippen molar-refractivity contribution < 1.29 is 22.4 Å². The van der Waals surface area contributed by atoms with Crippen LogP contribution in [0, 0.1) is 12.7 Å². The third-order valence-corrected chi connectivity index (χ3v) is 5.98. The number of amides is 1. The van der Waals surface area contributed by atoms with E-state index in [9.17, 15) is 27.2 Å². The van der Waals surface area contributed by atoms with E-state index < -0.39 is 23.6 Å². The van der Waals surface area contributed by atoms with Gasteiger partial charge in [-0.15, -0.1) is 0 Å². The Morgan fingerprint density at radius 2 is 2.00 bits per heavy atom. The summed E-state index contributed by atoms with van der Waals surface area (Å²) in [6, 6.07) is 3.86. The molecule has 0 spiro atoms. The van der Waals surface area contributed by atoms with Crippen molar-refractivity contribution in [1.82, 2.24) is 19.9 Å². The summed E-state index contributed by atoms with van der Waals surface area (Å²) in [5, 5.41) is 3.41. The van der Waals surface area contributed by atoms with E-state index in [1.165, 1.54) is 19.9 Å². The number of aromatic nitrogens is 3. The Morgan fingerprint density at radius 3 is 2.63 bits per heavy atom. The number of hydrogen-bond acceptors (Lipinski definition) is 5. The Bertz CT molecular complexity index is 1400. The fourth-order valence-corrected chi connectivity index (χ4v) is 4.13. The lowest BCUT2D eigenvalue weighted by Crippen LogP contribution is -2.33. The summed E-state index contributed by atoms with van der Waals surface area (Å²) < 4.78 is 54.2. The Balaban J connectivity index is 1.74. The molecular weight excluding hydrogens is 466 g/mol. The number of pyridine rings is 1. The van der Waals surface area contributed by atoms with Crippen molar-refractivity contribution in [3.63, 3.8) is 0 Å². The lowest BCUT2D eigenvalue weighted by atomic mass is 9.99. The minimum absolute atomic E-state index is 0.0566. The van der Waals surface area contributed by atoms with Gasteiger partial charge in [-0.1, -0.05) is 18.2 Å². The molecule has 0 radical (unpaired) electrons. The molecule has 11 heteroatoms. The van der Waals surface area contributed by atoms with Gasteiger partial charge in [-0.05, 0) is 38.0 Å². The van der Waals surface area contributed by atoms with E-state index >= 15 is 0 Å². The summed E-state index contributed by atoms with van der Waals surface area (Å²) in [6.45, 7) is 5.46. The monoisotopic (exact) mass is 489 g/mol. The van der Waals surface area contributed by atoms with Crippen LogP contribution in [-0.2, 0) is 11.0 Å². The van der Waals surface area contributed by atoms with Crippen LogP contribution < -0.4 is 10.9 Å². The van der Waals surface area contributed by atoms with Gasteiger partial charge in [0.15, 0.2) is 0 Å². The first-order chi connectivity index (χ1) is 16.5. The summed E-state index contributed by atoms with van der Waals surface area (Å²) >= 11 is 0. The molecule has 0 saturated carbocycles. The Kier molecular flexibility index (Phi) is 6.35. The molecule has 35 heavy (non-hydrogen) atoms. The van der Waals surface area contributed by atoms with Gasteiger partial charge in [0.05, 0.1) is 17.0 Å². The predicted molar refractivity (Wildman–Crippen MR) is 123 cm³/mol. The second-order valence-corrected chi connectivity index (χ2v) is 8.41. The number of nitrogens with one attached hydrogen (secondary N) is 2. The van der Waals surface area contributed by atoms with Gasteiger partial charge in [-0.25, -0.2) is 14.4 Å². The molecule has 2 N–H and O–H groups in total. The van der Waals surface area contributed by atoms with Gasteiger partial charge >= 0.3 is 6.18 Å². The molecule has 4 rings (SSSR count). The summed E-state index contributed by atoms with van der Waals surface area (Å²) in [6.07, 6.45) is -2.53. The number of hydrogen-bond donors (Lipinski definition) is 2. The molecular formula is C24H23F4N5O2. The van der Waals surface area contributed by atoms with Crippen LogP contribution in [0.15, 0.2) is 35.1 Å². The van der Waals surface area contributed by atoms with Crippen LogP contribution in [0.5, 0.6) is 0 Å². The van der Waals surface area contributed by atoms with E-state index in [0.29, 0.717) is 42.4 Å². The van der Waals surface area contributed by atoms with Gasteiger partial charge in [0.25, 0.3) is 5.56 Å². The van der Waals surface area contributed by atoms with Crippen LogP contribution in [0.4, 0.5) is 23.4 Å². The van der Waals surface area contributed by atoms with Crippen LogP contribution in [0.1, 0.15) is 48.8 Å². The zero-order valence-electron chi connectivity index (χ0n) is 19.3. The fraction of sp³-hybridized carbons (Fsp3) is 0.333. The van der Waals surface area contributed by atoms with E-state index in [0.717, 1.165) is 11.6 Å². The van der Waals surface area contributed by atoms with E-state index in [4.69, 9.17) is 0 Å². The number of alkyl halides is 3. The van der Waals surface area contributed by atoms with Gasteiger partial charge in [-0.3, -0.25) is 9.59 Å². The summed E-state index contributed by atoms with van der Waals surface area (Å²) in [5.74, 6) is -0.851. The first-order valence-electron chi connectivity index (χ1n) is 10.9. The van der Waals surface area contributed by atoms with Crippen molar-refractivity contribution in [2.75, 3.05) is 18.4 Å². The normalized spacial score (nSPS) is 15.2. The maximum atomic E-state index is 14.7. The van der Waals surface area contributed by atoms with Gasteiger partial charge in [0.1, 0.15) is 23.1 Å². The second kappa shape index (κ2) is 9.12. The minimum atomic E-state index is -4.82. The molecule has 1 atom stereocenters. The van der Waals surface area contributed by atoms with Crippen molar-refractivity contribution in [2.24, 2.45) is 0 Å². The van der Waals surface area contributed by atoms with Crippen molar-refractivity contribution in [3.05, 3.63) is 69.0 Å². The van der Waals surface area contributed by atoms with Gasteiger partial charge in [-0.2, -0.15) is 13.2 Å². The largest absolute Gasteiger partial charge is 0.419 e. The van der Waals surface area contributed by atoms with E-state index in [2.05, 4.69) is 20.3 Å². The van der Waals surface area contributed by atoms with Crippen LogP contribution >= 0.6 is 0 Å². The number of nitrogens with zero attached hydrogens (tertiary/aromatic N) is 3. The first-order valence-corrected chi connectivity index (χ1v) is 10.9. The molecule has 0 aliphatic carbocycles. The molecule has 0 fully saturated rings. The maximum Gasteiger partial charge on any atom is 0.419 e. The van der Waals surface area contributed by atoms with Gasteiger partial charge in [0, 0.05) is 31.1 Å². The fourth-order valence-electron chi connectivity index (χ4n) is 4.13. The summed E-state index contributed by atoms with van der Waals surface area (Å²) in [7, 11) is 0. The van der Waals surface area contributed by atoms with Crippen molar-refractivity contribution in [3.8, 4) is 0 Å². The lowest BCUT2D eigenvalue weighted by molar-refractivity contribution is -0.140. The average Bonchev–Trinajstić information content (AvgIpc) is 2.78. The van der Waals surface area contributed by atoms with Crippen LogP contribution in [0.25, 0.3) is 16.6 Å². The number of carbonyl (C=O) groups is 1. The lowest BCUT2D eigenvalue weighted by Gasteiger charge is -2.25. The molecule has 3 aromatic rings. The number of benzene rings is 1. The minimum Gasteiger partial charge on any atom is -0.363 e. The zero-order valence-corrected chi connectivity index (χ0v) is 19.3.